The van der Waals surface area contributed by atoms with E-state index in [1.54, 1.807) is 47.0 Å². The molecule has 0 aliphatic carbocycles. The van der Waals surface area contributed by atoms with E-state index in [4.69, 9.17) is 0 Å². The van der Waals surface area contributed by atoms with Gasteiger partial charge in [-0.3, -0.25) is 4.79 Å². The molecule has 1 aromatic carbocycles. The lowest BCUT2D eigenvalue weighted by Crippen LogP contribution is -1.98. The van der Waals surface area contributed by atoms with Gasteiger partial charge in [0, 0.05) is 5.56 Å². The Balaban J connectivity index is 1.73. The summed E-state index contributed by atoms with van der Waals surface area (Å²) in [5.41, 5.74) is 0.757. The fourth-order valence-corrected chi connectivity index (χ4v) is 9.33. The predicted octanol–water partition coefficient (Wildman–Crippen LogP) is 6.65. The standard InChI is InChI=1S/C15H12OS6/c1-17-12-13(18-2)22-15(21-12)14-19-8-10(20-14)11(16)9-6-4-3-5-7-9/h3-8H,1-2H3. The number of hydrogen-bond acceptors (Lipinski definition) is 7. The average Bonchev–Trinajstić information content (AvgIpc) is 3.21. The van der Waals surface area contributed by atoms with E-state index in [0.717, 1.165) is 10.5 Å². The molecule has 0 amide bonds. The van der Waals surface area contributed by atoms with E-state index < -0.39 is 0 Å². The second kappa shape index (κ2) is 7.85. The van der Waals surface area contributed by atoms with Gasteiger partial charge in [0.25, 0.3) is 0 Å². The molecule has 0 radical (unpaired) electrons. The topological polar surface area (TPSA) is 17.1 Å². The molecule has 2 aliphatic rings. The number of benzene rings is 1. The number of Topliss-reactive ketones (excluding diaryl/α,β-unsaturated/α-hetero) is 1. The van der Waals surface area contributed by atoms with Crippen LogP contribution in [0.5, 0.6) is 0 Å². The molecule has 0 saturated carbocycles. The molecule has 2 aliphatic heterocycles. The lowest BCUT2D eigenvalue weighted by Gasteiger charge is -2.03. The highest BCUT2D eigenvalue weighted by atomic mass is 32.3. The van der Waals surface area contributed by atoms with E-state index in [-0.39, 0.29) is 5.78 Å². The van der Waals surface area contributed by atoms with Crippen molar-refractivity contribution in [2.45, 2.75) is 0 Å². The number of carbonyl (C=O) groups is 1. The Morgan fingerprint density at radius 3 is 2.14 bits per heavy atom. The molecular formula is C15H12OS6. The van der Waals surface area contributed by atoms with Crippen molar-refractivity contribution in [2.75, 3.05) is 12.5 Å². The Bertz CT molecular complexity index is 671. The van der Waals surface area contributed by atoms with Crippen LogP contribution in [0.1, 0.15) is 10.4 Å². The first-order chi connectivity index (χ1) is 10.7. The van der Waals surface area contributed by atoms with Crippen LogP contribution in [-0.2, 0) is 0 Å². The van der Waals surface area contributed by atoms with Gasteiger partial charge in [0.1, 0.15) is 0 Å². The van der Waals surface area contributed by atoms with Crippen LogP contribution in [0.2, 0.25) is 0 Å². The van der Waals surface area contributed by atoms with Crippen molar-refractivity contribution in [1.82, 2.24) is 0 Å². The first-order valence-electron chi connectivity index (χ1n) is 6.29. The largest absolute Gasteiger partial charge is 0.288 e. The molecule has 114 valence electrons. The number of carbonyl (C=O) groups excluding carboxylic acids is 1. The van der Waals surface area contributed by atoms with Crippen molar-refractivity contribution in [3.8, 4) is 0 Å². The zero-order chi connectivity index (χ0) is 15.5. The van der Waals surface area contributed by atoms with E-state index in [2.05, 4.69) is 12.5 Å². The first-order valence-corrected chi connectivity index (χ1v) is 12.1. The Morgan fingerprint density at radius 2 is 1.55 bits per heavy atom. The molecule has 0 fully saturated rings. The molecule has 2 heterocycles. The third-order valence-corrected chi connectivity index (χ3v) is 10.9. The van der Waals surface area contributed by atoms with Crippen LogP contribution in [0.15, 0.2) is 57.6 Å². The molecule has 1 aromatic rings. The summed E-state index contributed by atoms with van der Waals surface area (Å²) < 4.78 is 5.26. The molecule has 7 heteroatoms. The fraction of sp³-hybridized carbons (Fsp3) is 0.133. The van der Waals surface area contributed by atoms with Crippen LogP contribution in [0.4, 0.5) is 0 Å². The summed E-state index contributed by atoms with van der Waals surface area (Å²) in [6.45, 7) is 0. The van der Waals surface area contributed by atoms with Gasteiger partial charge in [0.2, 0.25) is 0 Å². The number of allylic oxidation sites excluding steroid dienone is 1. The summed E-state index contributed by atoms with van der Waals surface area (Å²) in [5.74, 6) is 0.116. The van der Waals surface area contributed by atoms with Crippen LogP contribution in [0, 0.1) is 0 Å². The number of rotatable bonds is 4. The van der Waals surface area contributed by atoms with Gasteiger partial charge in [-0.1, -0.05) is 77.4 Å². The van der Waals surface area contributed by atoms with Gasteiger partial charge in [-0.15, -0.1) is 23.5 Å². The minimum absolute atomic E-state index is 0.116. The number of hydrogen-bond donors (Lipinski definition) is 0. The summed E-state index contributed by atoms with van der Waals surface area (Å²) in [6.07, 6.45) is 4.23. The second-order valence-corrected chi connectivity index (χ2v) is 10.8. The van der Waals surface area contributed by atoms with Crippen LogP contribution in [-0.4, -0.2) is 18.3 Å². The molecule has 0 unspecified atom stereocenters. The van der Waals surface area contributed by atoms with Crippen molar-refractivity contribution in [2.24, 2.45) is 0 Å². The van der Waals surface area contributed by atoms with E-state index in [9.17, 15) is 4.79 Å². The Morgan fingerprint density at radius 1 is 0.909 bits per heavy atom. The maximum atomic E-state index is 12.5. The zero-order valence-electron chi connectivity index (χ0n) is 11.8. The second-order valence-electron chi connectivity index (χ2n) is 4.16. The normalized spacial score (nSPS) is 18.2. The molecule has 1 nitrogen and oxygen atoms in total. The summed E-state index contributed by atoms with van der Waals surface area (Å²) in [4.78, 5) is 13.3. The van der Waals surface area contributed by atoms with Gasteiger partial charge in [-0.05, 0) is 17.9 Å². The lowest BCUT2D eigenvalue weighted by atomic mass is 10.1. The van der Waals surface area contributed by atoms with E-state index in [1.807, 2.05) is 59.3 Å². The maximum Gasteiger partial charge on any atom is 0.200 e. The SMILES string of the molecule is CSC1=C(SC)SC(=C2SC=C(C(=O)c3ccccc3)S2)S1. The van der Waals surface area contributed by atoms with Crippen molar-refractivity contribution >= 4 is 76.4 Å². The van der Waals surface area contributed by atoms with Crippen molar-refractivity contribution < 1.29 is 4.79 Å². The summed E-state index contributed by atoms with van der Waals surface area (Å²) in [6, 6.07) is 9.49. The predicted molar refractivity (Wildman–Crippen MR) is 110 cm³/mol. The Labute approximate surface area is 156 Å². The summed E-state index contributed by atoms with van der Waals surface area (Å²) >= 11 is 10.5. The molecule has 0 N–H and O–H groups in total. The summed E-state index contributed by atoms with van der Waals surface area (Å²) in [7, 11) is 0. The molecule has 0 spiro atoms. The van der Waals surface area contributed by atoms with Crippen LogP contribution >= 0.6 is 70.6 Å². The number of ketones is 1. The third kappa shape index (κ3) is 3.65. The molecule has 3 rings (SSSR count). The molecule has 22 heavy (non-hydrogen) atoms. The van der Waals surface area contributed by atoms with E-state index in [0.29, 0.717) is 0 Å². The average molecular weight is 401 g/mol. The van der Waals surface area contributed by atoms with E-state index in [1.165, 1.54) is 16.9 Å². The highest BCUT2D eigenvalue weighted by Gasteiger charge is 2.28. The summed E-state index contributed by atoms with van der Waals surface area (Å²) in [5, 5.41) is 1.99. The highest BCUT2D eigenvalue weighted by molar-refractivity contribution is 8.42. The third-order valence-electron chi connectivity index (χ3n) is 2.81. The maximum absolute atomic E-state index is 12.5. The minimum Gasteiger partial charge on any atom is -0.288 e. The van der Waals surface area contributed by atoms with Gasteiger partial charge in [0.05, 0.1) is 21.9 Å². The smallest absolute Gasteiger partial charge is 0.200 e. The molecule has 0 bridgehead atoms. The van der Waals surface area contributed by atoms with Crippen LogP contribution in [0.3, 0.4) is 0 Å². The van der Waals surface area contributed by atoms with Crippen LogP contribution in [0.25, 0.3) is 0 Å². The highest BCUT2D eigenvalue weighted by Crippen LogP contribution is 2.61. The monoisotopic (exact) mass is 400 g/mol. The Hall–Kier alpha value is 0.210. The number of thioether (sulfide) groups is 6. The molecular weight excluding hydrogens is 389 g/mol. The van der Waals surface area contributed by atoms with Crippen molar-refractivity contribution in [3.05, 3.63) is 63.2 Å². The van der Waals surface area contributed by atoms with Gasteiger partial charge in [0.15, 0.2) is 5.78 Å². The van der Waals surface area contributed by atoms with E-state index >= 15 is 0 Å². The van der Waals surface area contributed by atoms with Gasteiger partial charge in [-0.2, -0.15) is 0 Å². The fourth-order valence-electron chi connectivity index (χ4n) is 1.78. The van der Waals surface area contributed by atoms with Crippen molar-refractivity contribution in [1.29, 1.82) is 0 Å². The minimum atomic E-state index is 0.116. The lowest BCUT2D eigenvalue weighted by molar-refractivity contribution is 0.104. The van der Waals surface area contributed by atoms with Gasteiger partial charge in [-0.25, -0.2) is 0 Å². The van der Waals surface area contributed by atoms with Gasteiger partial charge >= 0.3 is 0 Å². The molecule has 0 atom stereocenters. The van der Waals surface area contributed by atoms with Gasteiger partial charge < -0.3 is 0 Å². The molecule has 0 saturated heterocycles. The van der Waals surface area contributed by atoms with Crippen molar-refractivity contribution in [3.63, 3.8) is 0 Å². The Kier molecular flexibility index (Phi) is 6.09. The van der Waals surface area contributed by atoms with Crippen LogP contribution < -0.4 is 0 Å². The first kappa shape index (κ1) is 17.0. The molecule has 0 aromatic heterocycles. The zero-order valence-corrected chi connectivity index (χ0v) is 16.7. The quantitative estimate of drug-likeness (QED) is 0.519.